The molecule has 4 heterocycles. The molecule has 0 unspecified atom stereocenters. The highest BCUT2D eigenvalue weighted by Crippen LogP contribution is 2.45. The van der Waals surface area contributed by atoms with Gasteiger partial charge in [-0.3, -0.25) is 14.4 Å². The lowest BCUT2D eigenvalue weighted by Crippen LogP contribution is -2.60. The Kier molecular flexibility index (Phi) is 4.40. The molecule has 5 rings (SSSR count). The predicted octanol–water partition coefficient (Wildman–Crippen LogP) is 1.03. The first-order valence-corrected chi connectivity index (χ1v) is 10.9. The fourth-order valence-electron chi connectivity index (χ4n) is 5.43. The maximum Gasteiger partial charge on any atom is 0.245 e. The summed E-state index contributed by atoms with van der Waals surface area (Å²) in [5, 5.41) is 0. The number of imidazole rings is 1. The molecule has 0 bridgehead atoms. The van der Waals surface area contributed by atoms with Gasteiger partial charge in [0.05, 0.1) is 17.6 Å². The quantitative estimate of drug-likeness (QED) is 0.822. The number of likely N-dealkylation sites (tertiary alicyclic amines) is 2. The molecule has 0 radical (unpaired) electrons. The summed E-state index contributed by atoms with van der Waals surface area (Å²) >= 11 is 0. The van der Waals surface area contributed by atoms with E-state index >= 15 is 0 Å². The van der Waals surface area contributed by atoms with Crippen LogP contribution >= 0.6 is 0 Å². The number of amides is 3. The summed E-state index contributed by atoms with van der Waals surface area (Å²) in [6, 6.07) is -0.407. The summed E-state index contributed by atoms with van der Waals surface area (Å²) in [5.41, 5.74) is 1.71. The van der Waals surface area contributed by atoms with Crippen LogP contribution in [0.2, 0.25) is 0 Å². The normalized spacial score (nSPS) is 24.7. The molecule has 3 amide bonds. The average Bonchev–Trinajstić information content (AvgIpc) is 3.31. The van der Waals surface area contributed by atoms with Crippen LogP contribution in [-0.4, -0.2) is 74.6 Å². The summed E-state index contributed by atoms with van der Waals surface area (Å²) in [6.45, 7) is 4.41. The van der Waals surface area contributed by atoms with E-state index in [1.165, 1.54) is 0 Å². The minimum atomic E-state index is -0.407. The van der Waals surface area contributed by atoms with E-state index in [0.29, 0.717) is 38.9 Å². The highest BCUT2D eigenvalue weighted by atomic mass is 16.2. The molecule has 1 aromatic rings. The standard InChI is InChI=1S/C21H29N5O3/c1-14(25-9-2-3-17(25)27)19(28)24-11-7-21(8-12-24)18-16(22-13-23-18)6-10-26(21)20(29)15-4-5-15/h13-15H,2-12H2,1H3,(H,22,23)/t14-/m1/s1. The molecule has 1 atom stereocenters. The second kappa shape index (κ2) is 6.85. The third-order valence-corrected chi connectivity index (χ3v) is 7.29. The highest BCUT2D eigenvalue weighted by Gasteiger charge is 2.51. The average molecular weight is 399 g/mol. The van der Waals surface area contributed by atoms with Gasteiger partial charge in [-0.1, -0.05) is 0 Å². The second-order valence-corrected chi connectivity index (χ2v) is 8.97. The Bertz CT molecular complexity index is 837. The van der Waals surface area contributed by atoms with Gasteiger partial charge in [0.25, 0.3) is 0 Å². The number of hydrogen-bond donors (Lipinski definition) is 1. The van der Waals surface area contributed by atoms with Gasteiger partial charge in [-0.15, -0.1) is 0 Å². The van der Waals surface area contributed by atoms with Crippen LogP contribution in [0, 0.1) is 5.92 Å². The Morgan fingerprint density at radius 2 is 1.93 bits per heavy atom. The van der Waals surface area contributed by atoms with E-state index in [1.807, 2.05) is 11.8 Å². The molecule has 3 fully saturated rings. The number of nitrogens with zero attached hydrogens (tertiary/aromatic N) is 4. The first kappa shape index (κ1) is 18.6. The smallest absolute Gasteiger partial charge is 0.245 e. The second-order valence-electron chi connectivity index (χ2n) is 8.97. The third-order valence-electron chi connectivity index (χ3n) is 7.29. The predicted molar refractivity (Wildman–Crippen MR) is 105 cm³/mol. The van der Waals surface area contributed by atoms with Gasteiger partial charge in [-0.05, 0) is 39.0 Å². The molecule has 29 heavy (non-hydrogen) atoms. The van der Waals surface area contributed by atoms with Gasteiger partial charge in [0.1, 0.15) is 6.04 Å². The van der Waals surface area contributed by atoms with Crippen molar-refractivity contribution in [1.82, 2.24) is 24.7 Å². The van der Waals surface area contributed by atoms with Gasteiger partial charge in [0.15, 0.2) is 0 Å². The van der Waals surface area contributed by atoms with Gasteiger partial charge in [-0.2, -0.15) is 0 Å². The monoisotopic (exact) mass is 399 g/mol. The molecule has 1 N–H and O–H groups in total. The molecule has 3 aliphatic heterocycles. The number of piperidine rings is 1. The third kappa shape index (κ3) is 2.95. The van der Waals surface area contributed by atoms with Crippen LogP contribution in [0.15, 0.2) is 6.33 Å². The Morgan fingerprint density at radius 3 is 2.59 bits per heavy atom. The molecule has 156 valence electrons. The molecule has 0 aromatic carbocycles. The molecule has 1 spiro atoms. The Balaban J connectivity index is 1.35. The Morgan fingerprint density at radius 1 is 1.17 bits per heavy atom. The summed E-state index contributed by atoms with van der Waals surface area (Å²) < 4.78 is 0. The van der Waals surface area contributed by atoms with Gasteiger partial charge >= 0.3 is 0 Å². The van der Waals surface area contributed by atoms with Crippen molar-refractivity contribution in [2.45, 2.75) is 63.5 Å². The number of H-pyrrole nitrogens is 1. The van der Waals surface area contributed by atoms with Crippen molar-refractivity contribution in [2.24, 2.45) is 5.92 Å². The zero-order valence-corrected chi connectivity index (χ0v) is 17.0. The van der Waals surface area contributed by atoms with E-state index in [9.17, 15) is 14.4 Å². The van der Waals surface area contributed by atoms with Crippen molar-refractivity contribution in [1.29, 1.82) is 0 Å². The lowest BCUT2D eigenvalue weighted by atomic mass is 9.78. The molecule has 4 aliphatic rings. The number of aromatic amines is 1. The highest BCUT2D eigenvalue weighted by molar-refractivity contribution is 5.88. The fourth-order valence-corrected chi connectivity index (χ4v) is 5.43. The van der Waals surface area contributed by atoms with Gasteiger partial charge in [-0.25, -0.2) is 4.98 Å². The van der Waals surface area contributed by atoms with Crippen molar-refractivity contribution in [2.75, 3.05) is 26.2 Å². The van der Waals surface area contributed by atoms with E-state index in [-0.39, 0.29) is 23.6 Å². The van der Waals surface area contributed by atoms with Gasteiger partial charge in [0, 0.05) is 50.6 Å². The SMILES string of the molecule is C[C@H](C(=O)N1CCC2(CC1)c1nc[nH]c1CCN2C(=O)C1CC1)N1CCCC1=O. The summed E-state index contributed by atoms with van der Waals surface area (Å²) in [7, 11) is 0. The van der Waals surface area contributed by atoms with E-state index in [1.54, 1.807) is 11.2 Å². The molecule has 1 aromatic heterocycles. The lowest BCUT2D eigenvalue weighted by molar-refractivity contribution is -0.149. The summed E-state index contributed by atoms with van der Waals surface area (Å²) in [6.07, 6.45) is 7.31. The Labute approximate surface area is 170 Å². The van der Waals surface area contributed by atoms with Crippen molar-refractivity contribution >= 4 is 17.7 Å². The van der Waals surface area contributed by atoms with E-state index in [0.717, 1.165) is 43.6 Å². The molecule has 1 saturated carbocycles. The van der Waals surface area contributed by atoms with Crippen molar-refractivity contribution in [3.05, 3.63) is 17.7 Å². The summed E-state index contributed by atoms with van der Waals surface area (Å²) in [4.78, 5) is 51.7. The van der Waals surface area contributed by atoms with E-state index < -0.39 is 11.6 Å². The van der Waals surface area contributed by atoms with Crippen molar-refractivity contribution < 1.29 is 14.4 Å². The molecule has 8 nitrogen and oxygen atoms in total. The van der Waals surface area contributed by atoms with Crippen LogP contribution < -0.4 is 0 Å². The van der Waals surface area contributed by atoms with Crippen molar-refractivity contribution in [3.8, 4) is 0 Å². The fraction of sp³-hybridized carbons (Fsp3) is 0.714. The maximum atomic E-state index is 13.1. The number of carbonyl (C=O) groups excluding carboxylic acids is 3. The first-order valence-electron chi connectivity index (χ1n) is 10.9. The lowest BCUT2D eigenvalue weighted by Gasteiger charge is -2.51. The number of aromatic nitrogens is 2. The molecular weight excluding hydrogens is 370 g/mol. The molecule has 8 heteroatoms. The van der Waals surface area contributed by atoms with Gasteiger partial charge < -0.3 is 19.7 Å². The van der Waals surface area contributed by atoms with Crippen LogP contribution in [0.25, 0.3) is 0 Å². The van der Waals surface area contributed by atoms with Gasteiger partial charge in [0.2, 0.25) is 17.7 Å². The van der Waals surface area contributed by atoms with Crippen LogP contribution in [0.4, 0.5) is 0 Å². The largest absolute Gasteiger partial charge is 0.348 e. The zero-order chi connectivity index (χ0) is 20.2. The van der Waals surface area contributed by atoms with E-state index in [4.69, 9.17) is 0 Å². The number of rotatable bonds is 3. The Hall–Kier alpha value is -2.38. The summed E-state index contributed by atoms with van der Waals surface area (Å²) in [5.74, 6) is 0.532. The van der Waals surface area contributed by atoms with Crippen LogP contribution in [0.3, 0.4) is 0 Å². The number of nitrogens with one attached hydrogen (secondary N) is 1. The maximum absolute atomic E-state index is 13.1. The van der Waals surface area contributed by atoms with Crippen molar-refractivity contribution in [3.63, 3.8) is 0 Å². The molecule has 2 saturated heterocycles. The first-order chi connectivity index (χ1) is 14.0. The minimum Gasteiger partial charge on any atom is -0.348 e. The number of fused-ring (bicyclic) bond motifs is 2. The zero-order valence-electron chi connectivity index (χ0n) is 17.0. The minimum absolute atomic E-state index is 0.0215. The topological polar surface area (TPSA) is 89.6 Å². The van der Waals surface area contributed by atoms with Crippen LogP contribution in [0.1, 0.15) is 56.8 Å². The van der Waals surface area contributed by atoms with Crippen LogP contribution in [-0.2, 0) is 26.3 Å². The van der Waals surface area contributed by atoms with Crippen LogP contribution in [0.5, 0.6) is 0 Å². The van der Waals surface area contributed by atoms with E-state index in [2.05, 4.69) is 14.9 Å². The molecule has 1 aliphatic carbocycles. The number of hydrogen-bond acceptors (Lipinski definition) is 4. The molecular formula is C21H29N5O3. The number of carbonyl (C=O) groups is 3.